The van der Waals surface area contributed by atoms with Crippen LogP contribution in [0.5, 0.6) is 5.75 Å². The lowest BCUT2D eigenvalue weighted by Crippen LogP contribution is -2.52. The molecule has 0 aromatic heterocycles. The van der Waals surface area contributed by atoms with E-state index in [0.717, 1.165) is 19.2 Å². The van der Waals surface area contributed by atoms with Gasteiger partial charge in [-0.25, -0.2) is 4.99 Å². The Morgan fingerprint density at radius 3 is 2.57 bits per heavy atom. The molecule has 1 aromatic carbocycles. The van der Waals surface area contributed by atoms with Crippen LogP contribution in [0.1, 0.15) is 25.0 Å². The van der Waals surface area contributed by atoms with Crippen molar-refractivity contribution in [2.24, 2.45) is 4.99 Å². The number of rotatable bonds is 8. The molecule has 1 atom stereocenters. The molecule has 1 aromatic rings. The van der Waals surface area contributed by atoms with Gasteiger partial charge < -0.3 is 25.2 Å². The number of alkyl halides is 3. The van der Waals surface area contributed by atoms with Crippen molar-refractivity contribution in [3.05, 3.63) is 29.3 Å². The number of β-amino-alcohol motifs (C(OH)–C–C–N with tert-alkyl or cyclic N) is 1. The number of nitrogens with zero attached hydrogens (tertiary/aromatic N) is 2. The first-order valence-corrected chi connectivity index (χ1v) is 9.93. The number of halogens is 3. The summed E-state index contributed by atoms with van der Waals surface area (Å²) < 4.78 is 50.4. The van der Waals surface area contributed by atoms with Gasteiger partial charge in [0.15, 0.2) is 5.96 Å². The molecule has 170 valence electrons. The minimum atomic E-state index is -4.51. The summed E-state index contributed by atoms with van der Waals surface area (Å²) in [6.45, 7) is 7.37. The van der Waals surface area contributed by atoms with E-state index >= 15 is 0 Å². The van der Waals surface area contributed by atoms with Gasteiger partial charge in [0.25, 0.3) is 0 Å². The van der Waals surface area contributed by atoms with Crippen LogP contribution >= 0.6 is 0 Å². The first-order valence-electron chi connectivity index (χ1n) is 9.93. The molecule has 1 unspecified atom stereocenters. The highest BCUT2D eigenvalue weighted by molar-refractivity contribution is 5.79. The first-order chi connectivity index (χ1) is 14.1. The van der Waals surface area contributed by atoms with Crippen molar-refractivity contribution in [1.29, 1.82) is 0 Å². The third-order valence-corrected chi connectivity index (χ3v) is 4.68. The minimum absolute atomic E-state index is 0.0422. The predicted molar refractivity (Wildman–Crippen MR) is 109 cm³/mol. The maximum Gasteiger partial charge on any atom is 0.416 e. The molecule has 1 aliphatic heterocycles. The summed E-state index contributed by atoms with van der Waals surface area (Å²) in [6, 6.07) is 3.81. The Balaban J connectivity index is 2.05. The highest BCUT2D eigenvalue weighted by Gasteiger charge is 2.33. The number of aliphatic hydroxyl groups is 1. The van der Waals surface area contributed by atoms with Crippen LogP contribution < -0.4 is 15.4 Å². The second kappa shape index (κ2) is 10.8. The zero-order chi connectivity index (χ0) is 22.2. The van der Waals surface area contributed by atoms with E-state index in [1.165, 1.54) is 19.2 Å². The normalized spacial score (nSPS) is 18.0. The van der Waals surface area contributed by atoms with E-state index in [4.69, 9.17) is 9.47 Å². The van der Waals surface area contributed by atoms with E-state index in [9.17, 15) is 18.3 Å². The van der Waals surface area contributed by atoms with Crippen molar-refractivity contribution < 1.29 is 27.8 Å². The van der Waals surface area contributed by atoms with Gasteiger partial charge >= 0.3 is 6.18 Å². The fourth-order valence-corrected chi connectivity index (χ4v) is 3.16. The van der Waals surface area contributed by atoms with Crippen molar-refractivity contribution in [2.75, 3.05) is 53.0 Å². The largest absolute Gasteiger partial charge is 0.497 e. The molecular formula is C20H31F3N4O3. The molecule has 10 heteroatoms. The van der Waals surface area contributed by atoms with Gasteiger partial charge in [0, 0.05) is 32.7 Å². The summed E-state index contributed by atoms with van der Waals surface area (Å²) in [5.41, 5.74) is -1.77. The Morgan fingerprint density at radius 2 is 1.97 bits per heavy atom. The third-order valence-electron chi connectivity index (χ3n) is 4.68. The average molecular weight is 432 g/mol. The minimum Gasteiger partial charge on any atom is -0.497 e. The Labute approximate surface area is 175 Å². The van der Waals surface area contributed by atoms with Crippen molar-refractivity contribution in [2.45, 2.75) is 32.2 Å². The van der Waals surface area contributed by atoms with Crippen LogP contribution in [0.15, 0.2) is 23.2 Å². The Bertz CT molecular complexity index is 705. The lowest BCUT2D eigenvalue weighted by Gasteiger charge is -2.34. The number of hydrogen-bond donors (Lipinski definition) is 3. The molecule has 0 spiro atoms. The molecule has 7 nitrogen and oxygen atoms in total. The molecule has 0 saturated carbocycles. The van der Waals surface area contributed by atoms with Crippen LogP contribution in [-0.2, 0) is 17.5 Å². The predicted octanol–water partition coefficient (Wildman–Crippen LogP) is 1.85. The zero-order valence-electron chi connectivity index (χ0n) is 17.7. The number of nitrogens with one attached hydrogen (secondary N) is 2. The quantitative estimate of drug-likeness (QED) is 0.430. The van der Waals surface area contributed by atoms with Crippen molar-refractivity contribution >= 4 is 5.96 Å². The molecule has 0 amide bonds. The standard InChI is InChI=1S/C20H31F3N4O3/c1-4-24-18(26-13-19(2,28)14-27-7-9-30-10-8-27)25-12-15-5-6-16(29-3)11-17(15)20(21,22)23/h5-6,11,28H,4,7-10,12-14H2,1-3H3,(H2,24,25,26). The van der Waals surface area contributed by atoms with E-state index in [1.807, 2.05) is 6.92 Å². The molecule has 1 saturated heterocycles. The molecule has 0 bridgehead atoms. The van der Waals surface area contributed by atoms with Crippen LogP contribution in [-0.4, -0.2) is 74.6 Å². The summed E-state index contributed by atoms with van der Waals surface area (Å²) >= 11 is 0. The fraction of sp³-hybridized carbons (Fsp3) is 0.650. The average Bonchev–Trinajstić information content (AvgIpc) is 2.69. The number of morpholine rings is 1. The molecular weight excluding hydrogens is 401 g/mol. The molecule has 1 fully saturated rings. The lowest BCUT2D eigenvalue weighted by atomic mass is 10.1. The van der Waals surface area contributed by atoms with Crippen LogP contribution in [0.25, 0.3) is 0 Å². The number of hydrogen-bond acceptors (Lipinski definition) is 5. The molecule has 2 rings (SSSR count). The van der Waals surface area contributed by atoms with E-state index in [1.54, 1.807) is 6.92 Å². The summed E-state index contributed by atoms with van der Waals surface area (Å²) in [4.78, 5) is 6.39. The van der Waals surface area contributed by atoms with E-state index < -0.39 is 17.3 Å². The van der Waals surface area contributed by atoms with Crippen molar-refractivity contribution in [3.63, 3.8) is 0 Å². The maximum absolute atomic E-state index is 13.4. The van der Waals surface area contributed by atoms with E-state index in [0.29, 0.717) is 32.3 Å². The molecule has 1 aliphatic rings. The van der Waals surface area contributed by atoms with Crippen LogP contribution in [0.3, 0.4) is 0 Å². The van der Waals surface area contributed by atoms with Gasteiger partial charge in [0.05, 0.1) is 38.0 Å². The van der Waals surface area contributed by atoms with Gasteiger partial charge in [-0.15, -0.1) is 0 Å². The SMILES string of the molecule is CCNC(=NCc1ccc(OC)cc1C(F)(F)F)NCC(C)(O)CN1CCOCC1. The summed E-state index contributed by atoms with van der Waals surface area (Å²) in [6.07, 6.45) is -4.51. The van der Waals surface area contributed by atoms with Gasteiger partial charge in [-0.3, -0.25) is 4.90 Å². The zero-order valence-corrected chi connectivity index (χ0v) is 17.7. The number of aliphatic imine (C=N–C) groups is 1. The Hall–Kier alpha value is -2.04. The third kappa shape index (κ3) is 7.66. The smallest absolute Gasteiger partial charge is 0.416 e. The van der Waals surface area contributed by atoms with Crippen molar-refractivity contribution in [3.8, 4) is 5.75 Å². The second-order valence-electron chi connectivity index (χ2n) is 7.46. The van der Waals surface area contributed by atoms with Gasteiger partial charge in [-0.05, 0) is 31.5 Å². The van der Waals surface area contributed by atoms with Crippen LogP contribution in [0.2, 0.25) is 0 Å². The molecule has 3 N–H and O–H groups in total. The van der Waals surface area contributed by atoms with Gasteiger partial charge in [-0.2, -0.15) is 13.2 Å². The lowest BCUT2D eigenvalue weighted by molar-refractivity contribution is -0.138. The van der Waals surface area contributed by atoms with Gasteiger partial charge in [0.1, 0.15) is 5.75 Å². The van der Waals surface area contributed by atoms with Gasteiger partial charge in [-0.1, -0.05) is 6.07 Å². The van der Waals surface area contributed by atoms with Crippen LogP contribution in [0.4, 0.5) is 13.2 Å². The topological polar surface area (TPSA) is 78.4 Å². The number of ether oxygens (including phenoxy) is 2. The van der Waals surface area contributed by atoms with Gasteiger partial charge in [0.2, 0.25) is 0 Å². The maximum atomic E-state index is 13.4. The first kappa shape index (κ1) is 24.2. The van der Waals surface area contributed by atoms with E-state index in [2.05, 4.69) is 20.5 Å². The number of methoxy groups -OCH3 is 1. The second-order valence-corrected chi connectivity index (χ2v) is 7.46. The number of guanidine groups is 1. The number of benzene rings is 1. The van der Waals surface area contributed by atoms with Crippen LogP contribution in [0, 0.1) is 0 Å². The summed E-state index contributed by atoms with van der Waals surface area (Å²) in [7, 11) is 1.32. The summed E-state index contributed by atoms with van der Waals surface area (Å²) in [5, 5.41) is 16.7. The van der Waals surface area contributed by atoms with Crippen molar-refractivity contribution in [1.82, 2.24) is 15.5 Å². The highest BCUT2D eigenvalue weighted by Crippen LogP contribution is 2.34. The Kier molecular flexibility index (Phi) is 8.75. The monoisotopic (exact) mass is 432 g/mol. The fourth-order valence-electron chi connectivity index (χ4n) is 3.16. The summed E-state index contributed by atoms with van der Waals surface area (Å²) in [5.74, 6) is 0.475. The molecule has 0 aliphatic carbocycles. The molecule has 0 radical (unpaired) electrons. The van der Waals surface area contributed by atoms with E-state index in [-0.39, 0.29) is 24.4 Å². The highest BCUT2D eigenvalue weighted by atomic mass is 19.4. The Morgan fingerprint density at radius 1 is 1.27 bits per heavy atom. The molecule has 30 heavy (non-hydrogen) atoms. The molecule has 1 heterocycles.